The quantitative estimate of drug-likeness (QED) is 0.230. The zero-order chi connectivity index (χ0) is 12.8. The van der Waals surface area contributed by atoms with Crippen LogP contribution >= 0.6 is 0 Å². The molecule has 0 aliphatic rings. The van der Waals surface area contributed by atoms with Crippen molar-refractivity contribution in [3.63, 3.8) is 0 Å². The Balaban J connectivity index is -0.000000332. The van der Waals surface area contributed by atoms with Gasteiger partial charge in [0.2, 0.25) is 0 Å². The zero-order valence-electron chi connectivity index (χ0n) is 9.48. The minimum atomic E-state index is -4.55. The molecule has 0 spiro atoms. The topological polar surface area (TPSA) is 125 Å². The molecule has 0 aliphatic carbocycles. The van der Waals surface area contributed by atoms with E-state index in [4.69, 9.17) is 12.6 Å². The Hall–Kier alpha value is 0.420. The van der Waals surface area contributed by atoms with Crippen molar-refractivity contribution in [2.75, 3.05) is 0 Å². The Morgan fingerprint density at radius 3 is 1.94 bits per heavy atom. The molecule has 1 rings (SSSR count). The van der Waals surface area contributed by atoms with E-state index in [1.54, 1.807) is 0 Å². The van der Waals surface area contributed by atoms with Gasteiger partial charge >= 0.3 is 69.7 Å². The van der Waals surface area contributed by atoms with Gasteiger partial charge in [-0.15, -0.1) is 12.6 Å². The fourth-order valence-corrected chi connectivity index (χ4v) is 1.38. The summed E-state index contributed by atoms with van der Waals surface area (Å²) in [7, 11) is -7.66. The largest absolute Gasteiger partial charge is 1.00 e. The van der Waals surface area contributed by atoms with Gasteiger partial charge in [-0.3, -0.25) is 0 Å². The number of carbonyl (C=O) groups is 1. The standard InChI is InChI=1S/C7H5O4S.2Na.O3S/c8-5-6-3-1-2-4-7(6)12(9,10)11;;;1-4(2)3/h2-5H,(H,9,10,11);;;/q-1;2*+1;/p-1. The van der Waals surface area contributed by atoms with Crippen molar-refractivity contribution in [3.05, 3.63) is 29.8 Å². The molecule has 88 valence electrons. The van der Waals surface area contributed by atoms with Crippen molar-refractivity contribution < 1.29 is 89.5 Å². The monoisotopic (exact) mass is 310 g/mol. The van der Waals surface area contributed by atoms with Gasteiger partial charge in [-0.1, -0.05) is 5.56 Å². The number of carbonyl (C=O) groups excluding carboxylic acids is 1. The molecule has 0 aromatic heterocycles. The van der Waals surface area contributed by atoms with Gasteiger partial charge in [0.05, 0.1) is 6.29 Å². The normalized spacial score (nSPS) is 8.72. The molecule has 0 fully saturated rings. The molecule has 1 aromatic carbocycles. The Morgan fingerprint density at radius 2 is 1.67 bits per heavy atom. The van der Waals surface area contributed by atoms with E-state index >= 15 is 0 Å². The molecule has 7 nitrogen and oxygen atoms in total. The van der Waals surface area contributed by atoms with E-state index in [0.717, 1.165) is 12.1 Å². The fraction of sp³-hybridized carbons (Fsp3) is 0. The number of benzene rings is 1. The zero-order valence-corrected chi connectivity index (χ0v) is 15.1. The van der Waals surface area contributed by atoms with E-state index in [9.17, 15) is 17.8 Å². The molecule has 0 saturated carbocycles. The van der Waals surface area contributed by atoms with Gasteiger partial charge in [-0.25, -0.2) is 8.42 Å². The van der Waals surface area contributed by atoms with Crippen molar-refractivity contribution in [3.8, 4) is 0 Å². The van der Waals surface area contributed by atoms with Crippen LogP contribution in [0.2, 0.25) is 0 Å². The summed E-state index contributed by atoms with van der Waals surface area (Å²) < 4.78 is 56.8. The Kier molecular flexibility index (Phi) is 14.7. The summed E-state index contributed by atoms with van der Waals surface area (Å²) in [6, 6.07) is 5.95. The van der Waals surface area contributed by atoms with Crippen LogP contribution in [-0.4, -0.2) is 31.9 Å². The van der Waals surface area contributed by atoms with Crippen LogP contribution in [0.25, 0.3) is 0 Å². The average Bonchev–Trinajstić information content (AvgIpc) is 2.15. The third kappa shape index (κ3) is 10.4. The van der Waals surface area contributed by atoms with Crippen LogP contribution in [-0.2, 0) is 20.7 Å². The number of aldehydes is 1. The second-order valence-corrected chi connectivity index (χ2v) is 4.00. The summed E-state index contributed by atoms with van der Waals surface area (Å²) in [5.41, 5.74) is -0.160. The number of hydrogen-bond acceptors (Lipinski definition) is 7. The summed E-state index contributed by atoms with van der Waals surface area (Å²) in [6.07, 6.45) is 0.307. The van der Waals surface area contributed by atoms with Gasteiger partial charge in [0.1, 0.15) is 10.1 Å². The van der Waals surface area contributed by atoms with Crippen molar-refractivity contribution in [1.82, 2.24) is 0 Å². The first-order chi connectivity index (χ1) is 7.29. The van der Waals surface area contributed by atoms with E-state index in [1.807, 2.05) is 0 Å². The molecule has 0 unspecified atom stereocenters. The summed E-state index contributed by atoms with van der Waals surface area (Å²) in [4.78, 5) is 9.75. The van der Waals surface area contributed by atoms with Crippen molar-refractivity contribution in [1.29, 1.82) is 0 Å². The maximum Gasteiger partial charge on any atom is 1.00 e. The van der Waals surface area contributed by atoms with Crippen molar-refractivity contribution in [2.24, 2.45) is 0 Å². The predicted molar refractivity (Wildman–Crippen MR) is 48.3 cm³/mol. The Bertz CT molecular complexity index is 572. The first-order valence-electron chi connectivity index (χ1n) is 3.47. The van der Waals surface area contributed by atoms with Crippen LogP contribution in [0.5, 0.6) is 0 Å². The van der Waals surface area contributed by atoms with Crippen molar-refractivity contribution >= 4 is 27.0 Å². The summed E-state index contributed by atoms with van der Waals surface area (Å²) >= 11 is 0. The van der Waals surface area contributed by atoms with Gasteiger partial charge in [0, 0.05) is 0 Å². The van der Waals surface area contributed by atoms with E-state index in [2.05, 4.69) is 6.07 Å². The van der Waals surface area contributed by atoms with Crippen LogP contribution in [0.15, 0.2) is 23.1 Å². The van der Waals surface area contributed by atoms with E-state index < -0.39 is 25.6 Å². The maximum atomic E-state index is 10.5. The van der Waals surface area contributed by atoms with Gasteiger partial charge < -0.3 is 9.35 Å². The van der Waals surface area contributed by atoms with Crippen LogP contribution in [0.4, 0.5) is 0 Å². The van der Waals surface area contributed by atoms with Crippen molar-refractivity contribution in [2.45, 2.75) is 4.90 Å². The van der Waals surface area contributed by atoms with Crippen LogP contribution in [0, 0.1) is 6.07 Å². The molecule has 11 heteroatoms. The van der Waals surface area contributed by atoms with Crippen LogP contribution in [0.1, 0.15) is 10.4 Å². The van der Waals surface area contributed by atoms with E-state index in [-0.39, 0.29) is 64.7 Å². The molecule has 0 bridgehead atoms. The van der Waals surface area contributed by atoms with Crippen LogP contribution < -0.4 is 59.1 Å². The van der Waals surface area contributed by atoms with E-state index in [1.165, 1.54) is 6.07 Å². The van der Waals surface area contributed by atoms with Crippen LogP contribution in [0.3, 0.4) is 0 Å². The Labute approximate surface area is 149 Å². The second kappa shape index (κ2) is 11.3. The van der Waals surface area contributed by atoms with Gasteiger partial charge in [0.15, 0.2) is 0 Å². The summed E-state index contributed by atoms with van der Waals surface area (Å²) in [5.74, 6) is 0. The predicted octanol–water partition coefficient (Wildman–Crippen LogP) is -6.79. The molecule has 0 amide bonds. The molecule has 0 saturated heterocycles. The van der Waals surface area contributed by atoms with Gasteiger partial charge in [0.25, 0.3) is 0 Å². The number of rotatable bonds is 2. The first kappa shape index (κ1) is 23.5. The molecule has 0 aliphatic heterocycles. The molecule has 1 aromatic rings. The first-order valence-corrected chi connectivity index (χ1v) is 5.87. The molecule has 0 heterocycles. The third-order valence-electron chi connectivity index (χ3n) is 1.25. The molecule has 0 atom stereocenters. The molecular formula is C7H4Na2O7S2. The van der Waals surface area contributed by atoms with Gasteiger partial charge in [-0.05, 0) is 4.90 Å². The van der Waals surface area contributed by atoms with E-state index in [0.29, 0.717) is 6.29 Å². The summed E-state index contributed by atoms with van der Waals surface area (Å²) in [6.45, 7) is 0. The third-order valence-corrected chi connectivity index (χ3v) is 2.16. The minimum Gasteiger partial charge on any atom is -0.746 e. The SMILES string of the molecule is O=Cc1c[c-]ccc1S(=O)(=O)[O-].O=S(=O)=O.[Na+].[Na+]. The van der Waals surface area contributed by atoms with Gasteiger partial charge in [-0.2, -0.15) is 24.3 Å². The summed E-state index contributed by atoms with van der Waals surface area (Å²) in [5, 5.41) is 0. The Morgan fingerprint density at radius 1 is 1.22 bits per heavy atom. The molecule has 18 heavy (non-hydrogen) atoms. The second-order valence-electron chi connectivity index (χ2n) is 2.24. The number of hydrogen-bond donors (Lipinski definition) is 0. The smallest absolute Gasteiger partial charge is 0.746 e. The maximum absolute atomic E-state index is 10.5. The fourth-order valence-electron chi connectivity index (χ4n) is 0.749. The molecule has 0 N–H and O–H groups in total. The molecular weight excluding hydrogens is 306 g/mol. The average molecular weight is 310 g/mol. The molecule has 0 radical (unpaired) electrons. The minimum absolute atomic E-state index is 0.